The number of carbonyl (C=O) groups is 1. The number of aliphatic hydroxyl groups is 1. The molecule has 0 aliphatic carbocycles. The lowest BCUT2D eigenvalue weighted by Gasteiger charge is -2.32. The van der Waals surface area contributed by atoms with Crippen molar-refractivity contribution in [2.45, 2.75) is 59.5 Å². The summed E-state index contributed by atoms with van der Waals surface area (Å²) in [6.45, 7) is 9.12. The average molecular weight is 308 g/mol. The van der Waals surface area contributed by atoms with Crippen LogP contribution in [0.1, 0.15) is 47.5 Å². The molecule has 0 fully saturated rings. The lowest BCUT2D eigenvalue weighted by molar-refractivity contribution is -0.124. The second-order valence-electron chi connectivity index (χ2n) is 6.10. The van der Waals surface area contributed by atoms with Gasteiger partial charge in [-0.1, -0.05) is 27.7 Å². The van der Waals surface area contributed by atoms with Gasteiger partial charge in [0, 0.05) is 12.6 Å². The molecule has 0 bridgehead atoms. The van der Waals surface area contributed by atoms with E-state index in [4.69, 9.17) is 5.11 Å². The number of hydrogen-bond donors (Lipinski definition) is 3. The maximum Gasteiger partial charge on any atom is 0.238 e. The van der Waals surface area contributed by atoms with Crippen molar-refractivity contribution in [3.05, 3.63) is 0 Å². The van der Waals surface area contributed by atoms with Crippen LogP contribution in [-0.4, -0.2) is 43.9 Å². The van der Waals surface area contributed by atoms with Crippen molar-refractivity contribution < 1.29 is 18.3 Å². The maximum absolute atomic E-state index is 12.0. The highest BCUT2D eigenvalue weighted by Crippen LogP contribution is 2.21. The monoisotopic (exact) mass is 308 g/mol. The first-order chi connectivity index (χ1) is 9.03. The molecule has 2 atom stereocenters. The molecular formula is C13H28N2O4S. The van der Waals surface area contributed by atoms with Crippen LogP contribution < -0.4 is 10.0 Å². The first kappa shape index (κ1) is 19.3. The fraction of sp³-hybridized carbons (Fsp3) is 0.923. The third-order valence-corrected chi connectivity index (χ3v) is 4.66. The average Bonchev–Trinajstić information content (AvgIpc) is 2.26. The molecule has 0 aliphatic heterocycles. The third kappa shape index (κ3) is 7.21. The highest BCUT2D eigenvalue weighted by molar-refractivity contribution is 7.89. The summed E-state index contributed by atoms with van der Waals surface area (Å²) in [5.41, 5.74) is -0.208. The molecule has 0 saturated heterocycles. The van der Waals surface area contributed by atoms with Gasteiger partial charge in [-0.25, -0.2) is 13.1 Å². The van der Waals surface area contributed by atoms with Crippen LogP contribution in [0.2, 0.25) is 0 Å². The zero-order valence-corrected chi connectivity index (χ0v) is 13.9. The molecule has 0 rings (SSSR count). The van der Waals surface area contributed by atoms with Crippen molar-refractivity contribution in [2.24, 2.45) is 5.41 Å². The Labute approximate surface area is 122 Å². The summed E-state index contributed by atoms with van der Waals surface area (Å²) in [4.78, 5) is 12.0. The predicted octanol–water partition coefficient (Wildman–Crippen LogP) is 0.618. The maximum atomic E-state index is 12.0. The van der Waals surface area contributed by atoms with Gasteiger partial charge in [0.05, 0.1) is 11.8 Å². The van der Waals surface area contributed by atoms with Crippen LogP contribution in [-0.2, 0) is 14.8 Å². The molecule has 1 amide bonds. The summed E-state index contributed by atoms with van der Waals surface area (Å²) in [6.07, 6.45) is 0.933. The summed E-state index contributed by atoms with van der Waals surface area (Å²) in [5.74, 6) is -0.373. The number of carbonyl (C=O) groups excluding carboxylic acids is 1. The Morgan fingerprint density at radius 3 is 2.25 bits per heavy atom. The fourth-order valence-corrected chi connectivity index (χ4v) is 3.10. The number of amides is 1. The van der Waals surface area contributed by atoms with Gasteiger partial charge in [0.25, 0.3) is 0 Å². The summed E-state index contributed by atoms with van der Waals surface area (Å²) < 4.78 is 25.6. The van der Waals surface area contributed by atoms with Crippen molar-refractivity contribution in [1.82, 2.24) is 10.0 Å². The highest BCUT2D eigenvalue weighted by atomic mass is 32.2. The smallest absolute Gasteiger partial charge is 0.238 e. The van der Waals surface area contributed by atoms with E-state index in [0.29, 0.717) is 12.8 Å². The molecule has 0 aromatic rings. The molecule has 0 radical (unpaired) electrons. The molecular weight excluding hydrogens is 280 g/mol. The van der Waals surface area contributed by atoms with E-state index in [1.54, 1.807) is 6.92 Å². The van der Waals surface area contributed by atoms with Crippen LogP contribution in [0.15, 0.2) is 0 Å². The lowest BCUT2D eigenvalue weighted by atomic mass is 9.85. The summed E-state index contributed by atoms with van der Waals surface area (Å²) >= 11 is 0. The molecule has 0 aromatic heterocycles. The van der Waals surface area contributed by atoms with Crippen molar-refractivity contribution in [3.8, 4) is 0 Å². The van der Waals surface area contributed by atoms with Crippen LogP contribution in [0.4, 0.5) is 0 Å². The number of rotatable bonds is 8. The first-order valence-corrected chi connectivity index (χ1v) is 8.60. The van der Waals surface area contributed by atoms with Gasteiger partial charge in [-0.05, 0) is 25.2 Å². The Morgan fingerprint density at radius 1 is 1.30 bits per heavy atom. The van der Waals surface area contributed by atoms with E-state index in [9.17, 15) is 13.2 Å². The van der Waals surface area contributed by atoms with Crippen LogP contribution in [0, 0.1) is 5.41 Å². The van der Waals surface area contributed by atoms with Gasteiger partial charge in [-0.15, -0.1) is 0 Å². The summed E-state index contributed by atoms with van der Waals surface area (Å²) in [5, 5.41) is 11.8. The quantitative estimate of drug-likeness (QED) is 0.612. The molecule has 0 spiro atoms. The SMILES string of the molecule is CCCS(=O)(=O)NC(C)C(=O)NC(CCO)C(C)(C)C. The zero-order valence-electron chi connectivity index (χ0n) is 13.1. The second-order valence-corrected chi connectivity index (χ2v) is 7.97. The molecule has 0 aromatic carbocycles. The van der Waals surface area contributed by atoms with Crippen molar-refractivity contribution in [2.75, 3.05) is 12.4 Å². The minimum atomic E-state index is -3.42. The number of hydrogen-bond acceptors (Lipinski definition) is 4. The Kier molecular flexibility index (Phi) is 7.69. The van der Waals surface area contributed by atoms with Gasteiger partial charge < -0.3 is 10.4 Å². The minimum Gasteiger partial charge on any atom is -0.396 e. The second kappa shape index (κ2) is 7.95. The fourth-order valence-electron chi connectivity index (χ4n) is 1.80. The molecule has 0 aliphatic rings. The van der Waals surface area contributed by atoms with Crippen molar-refractivity contribution in [1.29, 1.82) is 0 Å². The lowest BCUT2D eigenvalue weighted by Crippen LogP contribution is -2.52. The Bertz CT molecular complexity index is 401. The van der Waals surface area contributed by atoms with Crippen LogP contribution in [0.25, 0.3) is 0 Å². The van der Waals surface area contributed by atoms with E-state index < -0.39 is 16.1 Å². The highest BCUT2D eigenvalue weighted by Gasteiger charge is 2.28. The van der Waals surface area contributed by atoms with E-state index >= 15 is 0 Å². The largest absolute Gasteiger partial charge is 0.396 e. The first-order valence-electron chi connectivity index (χ1n) is 6.94. The van der Waals surface area contributed by atoms with E-state index in [2.05, 4.69) is 10.0 Å². The molecule has 120 valence electrons. The van der Waals surface area contributed by atoms with Crippen molar-refractivity contribution >= 4 is 15.9 Å². The van der Waals surface area contributed by atoms with E-state index in [0.717, 1.165) is 0 Å². The third-order valence-electron chi connectivity index (χ3n) is 3.00. The Balaban J connectivity index is 4.66. The van der Waals surface area contributed by atoms with E-state index in [-0.39, 0.29) is 29.7 Å². The summed E-state index contributed by atoms with van der Waals surface area (Å²) in [7, 11) is -3.42. The number of nitrogens with one attached hydrogen (secondary N) is 2. The van der Waals surface area contributed by atoms with Crippen LogP contribution in [0.5, 0.6) is 0 Å². The molecule has 3 N–H and O–H groups in total. The summed E-state index contributed by atoms with van der Waals surface area (Å²) in [6, 6.07) is -1.03. The number of aliphatic hydroxyl groups excluding tert-OH is 1. The van der Waals surface area contributed by atoms with Crippen LogP contribution in [0.3, 0.4) is 0 Å². The van der Waals surface area contributed by atoms with E-state index in [1.807, 2.05) is 20.8 Å². The standard InChI is InChI=1S/C13H28N2O4S/c1-6-9-20(18,19)15-10(2)12(17)14-11(7-8-16)13(3,4)5/h10-11,15-16H,6-9H2,1-5H3,(H,14,17). The Morgan fingerprint density at radius 2 is 1.85 bits per heavy atom. The number of sulfonamides is 1. The molecule has 0 heterocycles. The van der Waals surface area contributed by atoms with Crippen LogP contribution >= 0.6 is 0 Å². The minimum absolute atomic E-state index is 0.00393. The molecule has 0 saturated carbocycles. The Hall–Kier alpha value is -0.660. The van der Waals surface area contributed by atoms with Gasteiger partial charge in [-0.3, -0.25) is 4.79 Å². The van der Waals surface area contributed by atoms with Gasteiger partial charge in [0.1, 0.15) is 0 Å². The van der Waals surface area contributed by atoms with Gasteiger partial charge in [0.15, 0.2) is 0 Å². The molecule has 6 nitrogen and oxygen atoms in total. The van der Waals surface area contributed by atoms with E-state index in [1.165, 1.54) is 6.92 Å². The predicted molar refractivity (Wildman–Crippen MR) is 79.8 cm³/mol. The van der Waals surface area contributed by atoms with Gasteiger partial charge in [0.2, 0.25) is 15.9 Å². The molecule has 2 unspecified atom stereocenters. The zero-order chi connectivity index (χ0) is 16.0. The van der Waals surface area contributed by atoms with Crippen molar-refractivity contribution in [3.63, 3.8) is 0 Å². The molecule has 7 heteroatoms. The van der Waals surface area contributed by atoms with Gasteiger partial charge >= 0.3 is 0 Å². The normalized spacial score (nSPS) is 15.7. The molecule has 20 heavy (non-hydrogen) atoms. The topological polar surface area (TPSA) is 95.5 Å². The van der Waals surface area contributed by atoms with Gasteiger partial charge in [-0.2, -0.15) is 0 Å².